The summed E-state index contributed by atoms with van der Waals surface area (Å²) >= 11 is 6.02. The van der Waals surface area contributed by atoms with E-state index in [9.17, 15) is 4.79 Å². The Morgan fingerprint density at radius 1 is 1.11 bits per heavy atom. The summed E-state index contributed by atoms with van der Waals surface area (Å²) in [4.78, 5) is 12.3. The molecule has 0 bridgehead atoms. The number of hydrogen-bond acceptors (Lipinski definition) is 2. The first-order valence-electron chi connectivity index (χ1n) is 6.24. The van der Waals surface area contributed by atoms with Crippen molar-refractivity contribution in [1.29, 1.82) is 0 Å². The second-order valence-corrected chi connectivity index (χ2v) is 4.59. The first-order chi connectivity index (χ1) is 9.22. The molecule has 0 amide bonds. The van der Waals surface area contributed by atoms with Crippen LogP contribution in [0.1, 0.15) is 29.3 Å². The van der Waals surface area contributed by atoms with Crippen molar-refractivity contribution < 1.29 is 9.53 Å². The van der Waals surface area contributed by atoms with Gasteiger partial charge in [-0.1, -0.05) is 30.7 Å². The minimum atomic E-state index is -0.0763. The zero-order valence-corrected chi connectivity index (χ0v) is 11.5. The minimum Gasteiger partial charge on any atom is -0.494 e. The number of halogens is 1. The number of carbonyl (C=O) groups excluding carboxylic acids is 1. The topological polar surface area (TPSA) is 26.3 Å². The van der Waals surface area contributed by atoms with Gasteiger partial charge in [-0.2, -0.15) is 0 Å². The van der Waals surface area contributed by atoms with Crippen LogP contribution in [0.25, 0.3) is 0 Å². The number of ether oxygens (including phenoxy) is 1. The first-order valence-corrected chi connectivity index (χ1v) is 6.62. The van der Waals surface area contributed by atoms with E-state index in [0.29, 0.717) is 22.8 Å². The van der Waals surface area contributed by atoms with Crippen molar-refractivity contribution in [3.05, 3.63) is 64.7 Å². The van der Waals surface area contributed by atoms with E-state index in [1.807, 2.05) is 0 Å². The molecule has 98 valence electrons. The summed E-state index contributed by atoms with van der Waals surface area (Å²) in [6.45, 7) is 2.73. The third-order valence-corrected chi connectivity index (χ3v) is 3.04. The van der Waals surface area contributed by atoms with Crippen molar-refractivity contribution >= 4 is 17.4 Å². The highest BCUT2D eigenvalue weighted by molar-refractivity contribution is 6.34. The zero-order valence-electron chi connectivity index (χ0n) is 10.7. The van der Waals surface area contributed by atoms with Gasteiger partial charge < -0.3 is 4.74 Å². The molecular formula is C16H15ClO2. The molecule has 0 atom stereocenters. The summed E-state index contributed by atoms with van der Waals surface area (Å²) in [5, 5.41) is 0.471. The maximum atomic E-state index is 12.3. The van der Waals surface area contributed by atoms with Gasteiger partial charge in [0.1, 0.15) is 5.75 Å². The number of carbonyl (C=O) groups is 1. The second kappa shape index (κ2) is 6.39. The van der Waals surface area contributed by atoms with Crippen LogP contribution in [-0.2, 0) is 0 Å². The molecule has 0 N–H and O–H groups in total. The van der Waals surface area contributed by atoms with Crippen molar-refractivity contribution in [3.8, 4) is 5.75 Å². The van der Waals surface area contributed by atoms with E-state index in [1.54, 1.807) is 48.5 Å². The van der Waals surface area contributed by atoms with Crippen LogP contribution in [0.2, 0.25) is 5.02 Å². The molecule has 2 aromatic carbocycles. The molecule has 0 aliphatic carbocycles. The molecule has 0 spiro atoms. The fraction of sp³-hybridized carbons (Fsp3) is 0.188. The van der Waals surface area contributed by atoms with E-state index in [1.165, 1.54) is 0 Å². The smallest absolute Gasteiger partial charge is 0.194 e. The maximum Gasteiger partial charge on any atom is 0.194 e. The molecule has 0 aliphatic rings. The molecule has 2 aromatic rings. The van der Waals surface area contributed by atoms with Gasteiger partial charge in [0.15, 0.2) is 5.78 Å². The molecule has 0 radical (unpaired) electrons. The summed E-state index contributed by atoms with van der Waals surface area (Å²) in [5.41, 5.74) is 1.13. The van der Waals surface area contributed by atoms with Crippen LogP contribution in [0.15, 0.2) is 48.5 Å². The first kappa shape index (κ1) is 13.6. The fourth-order valence-corrected chi connectivity index (χ4v) is 1.94. The highest BCUT2D eigenvalue weighted by Crippen LogP contribution is 2.20. The molecule has 0 unspecified atom stereocenters. The number of hydrogen-bond donors (Lipinski definition) is 0. The molecule has 2 rings (SSSR count). The predicted molar refractivity (Wildman–Crippen MR) is 77.1 cm³/mol. The van der Waals surface area contributed by atoms with E-state index in [2.05, 4.69) is 6.92 Å². The van der Waals surface area contributed by atoms with Crippen LogP contribution in [0.5, 0.6) is 5.75 Å². The lowest BCUT2D eigenvalue weighted by Gasteiger charge is -2.06. The SMILES string of the molecule is CCCOc1ccc(C(=O)c2ccccc2Cl)cc1. The average molecular weight is 275 g/mol. The van der Waals surface area contributed by atoms with Gasteiger partial charge in [-0.15, -0.1) is 0 Å². The lowest BCUT2D eigenvalue weighted by molar-refractivity contribution is 0.103. The Kier molecular flexibility index (Phi) is 4.58. The normalized spacial score (nSPS) is 10.2. The molecule has 0 saturated carbocycles. The van der Waals surface area contributed by atoms with E-state index in [-0.39, 0.29) is 5.78 Å². The van der Waals surface area contributed by atoms with Crippen LogP contribution in [-0.4, -0.2) is 12.4 Å². The zero-order chi connectivity index (χ0) is 13.7. The van der Waals surface area contributed by atoms with Gasteiger partial charge in [-0.25, -0.2) is 0 Å². The van der Waals surface area contributed by atoms with Crippen LogP contribution in [0, 0.1) is 0 Å². The monoisotopic (exact) mass is 274 g/mol. The van der Waals surface area contributed by atoms with Crippen LogP contribution in [0.3, 0.4) is 0 Å². The van der Waals surface area contributed by atoms with E-state index < -0.39 is 0 Å². The highest BCUT2D eigenvalue weighted by atomic mass is 35.5. The average Bonchev–Trinajstić information content (AvgIpc) is 2.45. The standard InChI is InChI=1S/C16H15ClO2/c1-2-11-19-13-9-7-12(8-10-13)16(18)14-5-3-4-6-15(14)17/h3-10H,2,11H2,1H3. The summed E-state index contributed by atoms with van der Waals surface area (Å²) in [5.74, 6) is 0.699. The maximum absolute atomic E-state index is 12.3. The van der Waals surface area contributed by atoms with Crippen molar-refractivity contribution in [2.75, 3.05) is 6.61 Å². The van der Waals surface area contributed by atoms with Crippen molar-refractivity contribution in [2.24, 2.45) is 0 Å². The third kappa shape index (κ3) is 3.36. The molecule has 0 fully saturated rings. The van der Waals surface area contributed by atoms with Gasteiger partial charge in [0.25, 0.3) is 0 Å². The van der Waals surface area contributed by atoms with Crippen molar-refractivity contribution in [3.63, 3.8) is 0 Å². The summed E-state index contributed by atoms with van der Waals surface area (Å²) < 4.78 is 5.48. The largest absolute Gasteiger partial charge is 0.494 e. The Morgan fingerprint density at radius 2 is 1.79 bits per heavy atom. The van der Waals surface area contributed by atoms with E-state index in [0.717, 1.165) is 12.2 Å². The summed E-state index contributed by atoms with van der Waals surface area (Å²) in [6.07, 6.45) is 0.959. The third-order valence-electron chi connectivity index (χ3n) is 2.71. The Bertz CT molecular complexity index is 561. The van der Waals surface area contributed by atoms with Gasteiger partial charge >= 0.3 is 0 Å². The van der Waals surface area contributed by atoms with Gasteiger partial charge in [0.2, 0.25) is 0 Å². The lowest BCUT2D eigenvalue weighted by Crippen LogP contribution is -2.02. The van der Waals surface area contributed by atoms with Crippen LogP contribution in [0.4, 0.5) is 0 Å². The van der Waals surface area contributed by atoms with E-state index >= 15 is 0 Å². The molecular weight excluding hydrogens is 260 g/mol. The molecule has 19 heavy (non-hydrogen) atoms. The Balaban J connectivity index is 2.18. The van der Waals surface area contributed by atoms with Gasteiger partial charge in [0, 0.05) is 11.1 Å². The molecule has 3 heteroatoms. The fourth-order valence-electron chi connectivity index (χ4n) is 1.72. The molecule has 0 aliphatic heterocycles. The number of benzene rings is 2. The van der Waals surface area contributed by atoms with Crippen molar-refractivity contribution in [1.82, 2.24) is 0 Å². The Hall–Kier alpha value is -1.80. The van der Waals surface area contributed by atoms with Gasteiger partial charge in [-0.3, -0.25) is 4.79 Å². The number of ketones is 1. The number of rotatable bonds is 5. The summed E-state index contributed by atoms with van der Waals surface area (Å²) in [7, 11) is 0. The quantitative estimate of drug-likeness (QED) is 0.757. The molecule has 0 saturated heterocycles. The van der Waals surface area contributed by atoms with Crippen molar-refractivity contribution in [2.45, 2.75) is 13.3 Å². The predicted octanol–water partition coefficient (Wildman–Crippen LogP) is 4.36. The van der Waals surface area contributed by atoms with Gasteiger partial charge in [-0.05, 0) is 42.8 Å². The Labute approximate surface area is 118 Å². The molecule has 2 nitrogen and oxygen atoms in total. The van der Waals surface area contributed by atoms with E-state index in [4.69, 9.17) is 16.3 Å². The summed E-state index contributed by atoms with van der Waals surface area (Å²) in [6, 6.07) is 14.2. The van der Waals surface area contributed by atoms with Crippen LogP contribution < -0.4 is 4.74 Å². The minimum absolute atomic E-state index is 0.0763. The lowest BCUT2D eigenvalue weighted by atomic mass is 10.0. The van der Waals surface area contributed by atoms with Gasteiger partial charge in [0.05, 0.1) is 11.6 Å². The van der Waals surface area contributed by atoms with Crippen LogP contribution >= 0.6 is 11.6 Å². The second-order valence-electron chi connectivity index (χ2n) is 4.18. The Morgan fingerprint density at radius 3 is 2.42 bits per heavy atom. The molecule has 0 heterocycles. The molecule has 0 aromatic heterocycles. The highest BCUT2D eigenvalue weighted by Gasteiger charge is 2.12.